The third-order valence-corrected chi connectivity index (χ3v) is 6.07. The Morgan fingerprint density at radius 1 is 1.20 bits per heavy atom. The van der Waals surface area contributed by atoms with Crippen molar-refractivity contribution in [3.05, 3.63) is 28.2 Å². The first-order chi connectivity index (χ1) is 9.45. The lowest BCUT2D eigenvalue weighted by Crippen LogP contribution is -2.35. The molecule has 3 nitrogen and oxygen atoms in total. The van der Waals surface area contributed by atoms with Crippen molar-refractivity contribution in [2.24, 2.45) is 0 Å². The third kappa shape index (κ3) is 3.60. The van der Waals surface area contributed by atoms with Crippen LogP contribution in [0.2, 0.25) is 10.0 Å². The fourth-order valence-corrected chi connectivity index (χ4v) is 5.14. The Hall–Kier alpha value is -0.000000000000000111. The highest BCUT2D eigenvalue weighted by atomic mass is 35.5. The molecule has 0 amide bonds. The van der Waals surface area contributed by atoms with Crippen LogP contribution in [0.15, 0.2) is 23.1 Å². The predicted molar refractivity (Wildman–Crippen MR) is 83.3 cm³/mol. The lowest BCUT2D eigenvalue weighted by Gasteiger charge is -2.24. The molecule has 0 spiro atoms. The van der Waals surface area contributed by atoms with E-state index < -0.39 is 10.0 Å². The molecule has 1 saturated heterocycles. The molecule has 0 aliphatic carbocycles. The van der Waals surface area contributed by atoms with E-state index >= 15 is 0 Å². The van der Waals surface area contributed by atoms with Gasteiger partial charge in [0.25, 0.3) is 0 Å². The van der Waals surface area contributed by atoms with Crippen LogP contribution >= 0.6 is 34.8 Å². The number of benzene rings is 1. The molecule has 1 heterocycles. The summed E-state index contributed by atoms with van der Waals surface area (Å²) < 4.78 is 26.9. The average Bonchev–Trinajstić information content (AvgIpc) is 2.84. The normalized spacial score (nSPS) is 20.4. The van der Waals surface area contributed by atoms with Gasteiger partial charge in [-0.3, -0.25) is 0 Å². The molecule has 0 radical (unpaired) electrons. The highest BCUT2D eigenvalue weighted by Crippen LogP contribution is 2.31. The van der Waals surface area contributed by atoms with Gasteiger partial charge in [-0.1, -0.05) is 23.2 Å². The largest absolute Gasteiger partial charge is 0.243 e. The highest BCUT2D eigenvalue weighted by molar-refractivity contribution is 7.89. The molecule has 1 atom stereocenters. The van der Waals surface area contributed by atoms with Crippen LogP contribution in [0.3, 0.4) is 0 Å². The van der Waals surface area contributed by atoms with Gasteiger partial charge in [-0.2, -0.15) is 4.31 Å². The second kappa shape index (κ2) is 6.84. The van der Waals surface area contributed by atoms with Gasteiger partial charge in [0.15, 0.2) is 0 Å². The number of sulfonamides is 1. The summed E-state index contributed by atoms with van der Waals surface area (Å²) in [5.41, 5.74) is 0. The fraction of sp³-hybridized carbons (Fsp3) is 0.538. The second-order valence-electron chi connectivity index (χ2n) is 4.85. The molecule has 0 bridgehead atoms. The summed E-state index contributed by atoms with van der Waals surface area (Å²) in [5.74, 6) is 0.549. The number of alkyl halides is 1. The smallest absolute Gasteiger partial charge is 0.207 e. The maximum atomic E-state index is 12.7. The number of nitrogens with zero attached hydrogens (tertiary/aromatic N) is 1. The topological polar surface area (TPSA) is 37.4 Å². The van der Waals surface area contributed by atoms with Gasteiger partial charge >= 0.3 is 0 Å². The average molecular weight is 357 g/mol. The third-order valence-electron chi connectivity index (χ3n) is 3.44. The fourth-order valence-electron chi connectivity index (χ4n) is 2.54. The summed E-state index contributed by atoms with van der Waals surface area (Å²) in [6, 6.07) is 4.44. The Bertz CT molecular complexity index is 557. The zero-order chi connectivity index (χ0) is 14.8. The van der Waals surface area contributed by atoms with E-state index in [-0.39, 0.29) is 10.9 Å². The maximum Gasteiger partial charge on any atom is 0.243 e. The first kappa shape index (κ1) is 16.4. The molecule has 20 heavy (non-hydrogen) atoms. The molecule has 1 aromatic carbocycles. The van der Waals surface area contributed by atoms with Gasteiger partial charge < -0.3 is 0 Å². The van der Waals surface area contributed by atoms with Crippen molar-refractivity contribution in [1.29, 1.82) is 0 Å². The summed E-state index contributed by atoms with van der Waals surface area (Å²) in [7, 11) is -3.54. The zero-order valence-corrected chi connectivity index (χ0v) is 13.9. The van der Waals surface area contributed by atoms with Gasteiger partial charge in [0, 0.05) is 28.5 Å². The molecule has 1 fully saturated rings. The van der Waals surface area contributed by atoms with Crippen LogP contribution in [0.25, 0.3) is 0 Å². The molecular formula is C13H16Cl3NO2S. The number of hydrogen-bond donors (Lipinski definition) is 0. The summed E-state index contributed by atoms with van der Waals surface area (Å²) in [4.78, 5) is 0.160. The van der Waals surface area contributed by atoms with Gasteiger partial charge in [-0.05, 0) is 43.9 Å². The van der Waals surface area contributed by atoms with Gasteiger partial charge in [0.2, 0.25) is 10.0 Å². The van der Waals surface area contributed by atoms with Crippen LogP contribution in [0.5, 0.6) is 0 Å². The minimum absolute atomic E-state index is 0.0245. The van der Waals surface area contributed by atoms with E-state index in [0.717, 1.165) is 25.7 Å². The Kier molecular flexibility index (Phi) is 5.60. The van der Waals surface area contributed by atoms with Crippen molar-refractivity contribution >= 4 is 44.8 Å². The SMILES string of the molecule is O=S(=O)(c1cc(Cl)cc(Cl)c1)N1CCCC1CCCCl. The van der Waals surface area contributed by atoms with E-state index in [4.69, 9.17) is 34.8 Å². The van der Waals surface area contributed by atoms with Crippen LogP contribution in [0, 0.1) is 0 Å². The molecule has 0 saturated carbocycles. The number of hydrogen-bond acceptors (Lipinski definition) is 2. The maximum absolute atomic E-state index is 12.7. The van der Waals surface area contributed by atoms with Gasteiger partial charge in [-0.25, -0.2) is 8.42 Å². The molecule has 1 aromatic rings. The molecule has 7 heteroatoms. The molecule has 0 N–H and O–H groups in total. The first-order valence-electron chi connectivity index (χ1n) is 6.49. The van der Waals surface area contributed by atoms with E-state index in [2.05, 4.69) is 0 Å². The summed E-state index contributed by atoms with van der Waals surface area (Å²) in [6.45, 7) is 0.541. The van der Waals surface area contributed by atoms with E-state index in [1.807, 2.05) is 0 Å². The lowest BCUT2D eigenvalue weighted by atomic mass is 10.1. The summed E-state index contributed by atoms with van der Waals surface area (Å²) in [6.07, 6.45) is 3.36. The van der Waals surface area contributed by atoms with E-state index in [1.165, 1.54) is 18.2 Å². The number of rotatable bonds is 5. The monoisotopic (exact) mass is 355 g/mol. The molecule has 1 aliphatic heterocycles. The van der Waals surface area contributed by atoms with Crippen LogP contribution in [0.4, 0.5) is 0 Å². The highest BCUT2D eigenvalue weighted by Gasteiger charge is 2.35. The summed E-state index contributed by atoms with van der Waals surface area (Å²) >= 11 is 17.5. The standard InChI is InChI=1S/C13H16Cl3NO2S/c14-5-1-3-12-4-2-6-17(12)20(18,19)13-8-10(15)7-11(16)9-13/h7-9,12H,1-6H2. The van der Waals surface area contributed by atoms with Crippen LogP contribution < -0.4 is 0 Å². The Labute approximate surface area is 134 Å². The molecule has 112 valence electrons. The van der Waals surface area contributed by atoms with Crippen molar-refractivity contribution in [3.8, 4) is 0 Å². The van der Waals surface area contributed by atoms with Crippen molar-refractivity contribution in [3.63, 3.8) is 0 Å². The number of halogens is 3. The predicted octanol–water partition coefficient (Wildman–Crippen LogP) is 4.17. The molecule has 2 rings (SSSR count). The van der Waals surface area contributed by atoms with E-state index in [9.17, 15) is 8.42 Å². The Balaban J connectivity index is 2.29. The van der Waals surface area contributed by atoms with Crippen molar-refractivity contribution < 1.29 is 8.42 Å². The van der Waals surface area contributed by atoms with E-state index in [0.29, 0.717) is 22.5 Å². The summed E-state index contributed by atoms with van der Waals surface area (Å²) in [5, 5.41) is 0.653. The molecular weight excluding hydrogens is 341 g/mol. The van der Waals surface area contributed by atoms with Gasteiger partial charge in [0.05, 0.1) is 4.90 Å². The van der Waals surface area contributed by atoms with Crippen LogP contribution in [-0.2, 0) is 10.0 Å². The van der Waals surface area contributed by atoms with Gasteiger partial charge in [-0.15, -0.1) is 11.6 Å². The van der Waals surface area contributed by atoms with Crippen LogP contribution in [-0.4, -0.2) is 31.2 Å². The molecule has 0 aromatic heterocycles. The minimum atomic E-state index is -3.54. The van der Waals surface area contributed by atoms with Crippen molar-refractivity contribution in [2.75, 3.05) is 12.4 Å². The quantitative estimate of drug-likeness (QED) is 0.743. The van der Waals surface area contributed by atoms with Gasteiger partial charge in [0.1, 0.15) is 0 Å². The zero-order valence-electron chi connectivity index (χ0n) is 10.9. The Morgan fingerprint density at radius 2 is 1.85 bits per heavy atom. The van der Waals surface area contributed by atoms with Crippen molar-refractivity contribution in [2.45, 2.75) is 36.6 Å². The molecule has 1 aliphatic rings. The Morgan fingerprint density at radius 3 is 2.45 bits per heavy atom. The first-order valence-corrected chi connectivity index (χ1v) is 9.22. The minimum Gasteiger partial charge on any atom is -0.207 e. The molecule has 1 unspecified atom stereocenters. The second-order valence-corrected chi connectivity index (χ2v) is 7.99. The van der Waals surface area contributed by atoms with Crippen LogP contribution in [0.1, 0.15) is 25.7 Å². The van der Waals surface area contributed by atoms with E-state index in [1.54, 1.807) is 4.31 Å². The lowest BCUT2D eigenvalue weighted by molar-refractivity contribution is 0.368. The van der Waals surface area contributed by atoms with Crippen molar-refractivity contribution in [1.82, 2.24) is 4.31 Å².